The van der Waals surface area contributed by atoms with E-state index >= 15 is 0 Å². The van der Waals surface area contributed by atoms with Crippen molar-refractivity contribution in [3.63, 3.8) is 0 Å². The minimum Gasteiger partial charge on any atom is -0.324 e. The fraction of sp³-hybridized carbons (Fsp3) is 0.364. The number of amides is 1. The van der Waals surface area contributed by atoms with Crippen LogP contribution in [0.25, 0.3) is 0 Å². The van der Waals surface area contributed by atoms with E-state index in [1.807, 2.05) is 0 Å². The molecule has 3 N–H and O–H groups in total. The summed E-state index contributed by atoms with van der Waals surface area (Å²) in [6, 6.07) is 2.85. The number of halogens is 3. The van der Waals surface area contributed by atoms with E-state index in [-0.39, 0.29) is 11.3 Å². The molecule has 0 aromatic heterocycles. The molecule has 3 nitrogen and oxygen atoms in total. The van der Waals surface area contributed by atoms with Crippen molar-refractivity contribution in [2.75, 3.05) is 5.32 Å². The lowest BCUT2D eigenvalue weighted by molar-refractivity contribution is -0.138. The van der Waals surface area contributed by atoms with Gasteiger partial charge in [-0.25, -0.2) is 0 Å². The van der Waals surface area contributed by atoms with Crippen molar-refractivity contribution in [3.05, 3.63) is 29.3 Å². The van der Waals surface area contributed by atoms with Crippen LogP contribution < -0.4 is 11.1 Å². The summed E-state index contributed by atoms with van der Waals surface area (Å²) in [5.41, 5.74) is 4.67. The lowest BCUT2D eigenvalue weighted by Crippen LogP contribution is -2.32. The summed E-state index contributed by atoms with van der Waals surface area (Å²) in [4.78, 5) is 11.3. The fourth-order valence-corrected chi connectivity index (χ4v) is 1.32. The van der Waals surface area contributed by atoms with Gasteiger partial charge in [0.2, 0.25) is 5.91 Å². The Balaban J connectivity index is 3.07. The van der Waals surface area contributed by atoms with Gasteiger partial charge in [-0.05, 0) is 31.5 Å². The average molecular weight is 246 g/mol. The van der Waals surface area contributed by atoms with Crippen LogP contribution >= 0.6 is 0 Å². The molecule has 0 heterocycles. The molecule has 1 rings (SSSR count). The molecule has 6 heteroatoms. The van der Waals surface area contributed by atoms with E-state index < -0.39 is 23.7 Å². The van der Waals surface area contributed by atoms with Gasteiger partial charge in [0.15, 0.2) is 0 Å². The highest BCUT2D eigenvalue weighted by Crippen LogP contribution is 2.34. The van der Waals surface area contributed by atoms with Gasteiger partial charge < -0.3 is 11.1 Å². The number of hydrogen-bond acceptors (Lipinski definition) is 2. The number of hydrogen-bond donors (Lipinski definition) is 2. The van der Waals surface area contributed by atoms with Crippen molar-refractivity contribution in [2.45, 2.75) is 26.1 Å². The van der Waals surface area contributed by atoms with Crippen molar-refractivity contribution in [1.82, 2.24) is 0 Å². The van der Waals surface area contributed by atoms with E-state index in [1.165, 1.54) is 26.0 Å². The van der Waals surface area contributed by atoms with E-state index in [0.717, 1.165) is 6.07 Å². The molecule has 0 spiro atoms. The van der Waals surface area contributed by atoms with Crippen LogP contribution in [0.3, 0.4) is 0 Å². The van der Waals surface area contributed by atoms with Gasteiger partial charge in [0.05, 0.1) is 11.6 Å². The first-order chi connectivity index (χ1) is 7.73. The molecular weight excluding hydrogens is 233 g/mol. The van der Waals surface area contributed by atoms with Gasteiger partial charge in [-0.15, -0.1) is 0 Å². The van der Waals surface area contributed by atoms with E-state index in [1.54, 1.807) is 0 Å². The van der Waals surface area contributed by atoms with Crippen molar-refractivity contribution < 1.29 is 18.0 Å². The first-order valence-corrected chi connectivity index (χ1v) is 4.96. The van der Waals surface area contributed by atoms with Crippen LogP contribution in [0.4, 0.5) is 18.9 Å². The Bertz CT molecular complexity index is 427. The van der Waals surface area contributed by atoms with Crippen molar-refractivity contribution in [1.29, 1.82) is 0 Å². The van der Waals surface area contributed by atoms with Crippen LogP contribution in [-0.4, -0.2) is 11.9 Å². The molecule has 0 saturated carbocycles. The SMILES string of the molecule is Cc1c(NC(=O)[C@H](C)N)cccc1C(F)(F)F. The van der Waals surface area contributed by atoms with Gasteiger partial charge in [-0.3, -0.25) is 4.79 Å². The van der Waals surface area contributed by atoms with Crippen molar-refractivity contribution in [3.8, 4) is 0 Å². The lowest BCUT2D eigenvalue weighted by Gasteiger charge is -2.15. The smallest absolute Gasteiger partial charge is 0.324 e. The number of nitrogens with one attached hydrogen (secondary N) is 1. The maximum absolute atomic E-state index is 12.6. The second-order valence-electron chi connectivity index (χ2n) is 3.75. The van der Waals surface area contributed by atoms with Gasteiger partial charge in [0.25, 0.3) is 0 Å². The standard InChI is InChI=1S/C11H13F3N2O/c1-6-8(11(12,13)14)4-3-5-9(6)16-10(17)7(2)15/h3-5,7H,15H2,1-2H3,(H,16,17)/t7-/m0/s1. The maximum Gasteiger partial charge on any atom is 0.416 e. The third-order valence-corrected chi connectivity index (χ3v) is 2.31. The molecule has 17 heavy (non-hydrogen) atoms. The van der Waals surface area contributed by atoms with E-state index in [9.17, 15) is 18.0 Å². The number of anilines is 1. The summed E-state index contributed by atoms with van der Waals surface area (Å²) in [7, 11) is 0. The fourth-order valence-electron chi connectivity index (χ4n) is 1.32. The van der Waals surface area contributed by atoms with E-state index in [0.29, 0.717) is 0 Å². The second-order valence-corrected chi connectivity index (χ2v) is 3.75. The molecular formula is C11H13F3N2O. The summed E-state index contributed by atoms with van der Waals surface area (Å²) in [5, 5.41) is 2.36. The molecule has 0 aliphatic heterocycles. The van der Waals surface area contributed by atoms with E-state index in [4.69, 9.17) is 5.73 Å². The molecule has 0 bridgehead atoms. The Morgan fingerprint density at radius 2 is 2.00 bits per heavy atom. The number of nitrogens with two attached hydrogens (primary N) is 1. The largest absolute Gasteiger partial charge is 0.416 e. The zero-order valence-electron chi connectivity index (χ0n) is 9.43. The highest BCUT2D eigenvalue weighted by Gasteiger charge is 2.33. The highest BCUT2D eigenvalue weighted by atomic mass is 19.4. The first-order valence-electron chi connectivity index (χ1n) is 4.96. The van der Waals surface area contributed by atoms with E-state index in [2.05, 4.69) is 5.32 Å². The van der Waals surface area contributed by atoms with Crippen LogP contribution in [0.2, 0.25) is 0 Å². The van der Waals surface area contributed by atoms with Crippen molar-refractivity contribution in [2.24, 2.45) is 5.73 Å². The molecule has 0 radical (unpaired) electrons. The number of rotatable bonds is 2. The average Bonchev–Trinajstić information content (AvgIpc) is 2.19. The van der Waals surface area contributed by atoms with Gasteiger partial charge in [0.1, 0.15) is 0 Å². The molecule has 1 aromatic rings. The highest BCUT2D eigenvalue weighted by molar-refractivity contribution is 5.95. The predicted molar refractivity (Wildman–Crippen MR) is 58.5 cm³/mol. The topological polar surface area (TPSA) is 55.1 Å². The minimum atomic E-state index is -4.43. The van der Waals surface area contributed by atoms with Crippen LogP contribution in [0.5, 0.6) is 0 Å². The third kappa shape index (κ3) is 3.20. The molecule has 1 atom stereocenters. The molecule has 1 aromatic carbocycles. The molecule has 1 amide bonds. The van der Waals surface area contributed by atoms with Crippen molar-refractivity contribution >= 4 is 11.6 Å². The zero-order valence-corrected chi connectivity index (χ0v) is 9.43. The Kier molecular flexibility index (Phi) is 3.77. The summed E-state index contributed by atoms with van der Waals surface area (Å²) >= 11 is 0. The monoisotopic (exact) mass is 246 g/mol. The Hall–Kier alpha value is -1.56. The molecule has 0 unspecified atom stereocenters. The Labute approximate surface area is 96.8 Å². The van der Waals surface area contributed by atoms with Crippen LogP contribution in [0.15, 0.2) is 18.2 Å². The second kappa shape index (κ2) is 4.75. The number of benzene rings is 1. The van der Waals surface area contributed by atoms with Gasteiger partial charge >= 0.3 is 6.18 Å². The minimum absolute atomic E-state index is 0.0194. The lowest BCUT2D eigenvalue weighted by atomic mass is 10.1. The number of carbonyl (C=O) groups is 1. The predicted octanol–water partition coefficient (Wildman–Crippen LogP) is 2.30. The molecule has 94 valence electrons. The first kappa shape index (κ1) is 13.5. The van der Waals surface area contributed by atoms with Crippen LogP contribution in [-0.2, 0) is 11.0 Å². The summed E-state index contributed by atoms with van der Waals surface area (Å²) < 4.78 is 37.8. The quantitative estimate of drug-likeness (QED) is 0.841. The van der Waals surface area contributed by atoms with Gasteiger partial charge in [-0.2, -0.15) is 13.2 Å². The summed E-state index contributed by atoms with van der Waals surface area (Å²) in [6.45, 7) is 2.76. The third-order valence-electron chi connectivity index (χ3n) is 2.31. The number of alkyl halides is 3. The normalized spacial score (nSPS) is 13.3. The zero-order chi connectivity index (χ0) is 13.2. The van der Waals surface area contributed by atoms with Crippen LogP contribution in [0, 0.1) is 6.92 Å². The molecule has 0 aliphatic rings. The number of carbonyl (C=O) groups excluding carboxylic acids is 1. The summed E-state index contributed by atoms with van der Waals surface area (Å²) in [5.74, 6) is -0.521. The Morgan fingerprint density at radius 3 is 2.47 bits per heavy atom. The van der Waals surface area contributed by atoms with Gasteiger partial charge in [-0.1, -0.05) is 6.07 Å². The Morgan fingerprint density at radius 1 is 1.41 bits per heavy atom. The van der Waals surface area contributed by atoms with Crippen LogP contribution in [0.1, 0.15) is 18.1 Å². The molecule has 0 aliphatic carbocycles. The summed E-state index contributed by atoms with van der Waals surface area (Å²) in [6.07, 6.45) is -4.43. The van der Waals surface area contributed by atoms with Gasteiger partial charge in [0, 0.05) is 5.69 Å². The molecule has 0 fully saturated rings. The maximum atomic E-state index is 12.6. The molecule has 0 saturated heterocycles.